The maximum Gasteiger partial charge on any atom is 0.329 e. The van der Waals surface area contributed by atoms with Gasteiger partial charge >= 0.3 is 12.1 Å². The van der Waals surface area contributed by atoms with Crippen molar-refractivity contribution in [3.63, 3.8) is 0 Å². The summed E-state index contributed by atoms with van der Waals surface area (Å²) in [5, 5.41) is 9.25. The minimum Gasteiger partial charge on any atom is -0.308 e. The SMILES string of the molecule is O=C(NC(=O)Nc1nccs1)Nc1ccccc1. The van der Waals surface area contributed by atoms with Crippen LogP contribution < -0.4 is 16.0 Å². The molecular formula is C11H10N4O2S. The molecule has 2 rings (SSSR count). The number of hydrogen-bond donors (Lipinski definition) is 3. The predicted octanol–water partition coefficient (Wildman–Crippen LogP) is 2.50. The van der Waals surface area contributed by atoms with Crippen LogP contribution in [0.4, 0.5) is 20.4 Å². The number of thiazole rings is 1. The monoisotopic (exact) mass is 262 g/mol. The van der Waals surface area contributed by atoms with Crippen LogP contribution in [0.25, 0.3) is 0 Å². The molecule has 2 aromatic rings. The molecule has 0 aliphatic rings. The first kappa shape index (κ1) is 12.1. The number of rotatable bonds is 2. The summed E-state index contributed by atoms with van der Waals surface area (Å²) < 4.78 is 0. The summed E-state index contributed by atoms with van der Waals surface area (Å²) in [5.41, 5.74) is 0.608. The maximum absolute atomic E-state index is 11.5. The Balaban J connectivity index is 1.82. The lowest BCUT2D eigenvalue weighted by molar-refractivity contribution is 0.240. The molecule has 7 heteroatoms. The van der Waals surface area contributed by atoms with Crippen LogP contribution in [0.2, 0.25) is 0 Å². The molecule has 1 aromatic heterocycles. The van der Waals surface area contributed by atoms with Crippen molar-refractivity contribution in [2.75, 3.05) is 10.6 Å². The molecule has 18 heavy (non-hydrogen) atoms. The van der Waals surface area contributed by atoms with Gasteiger partial charge in [-0.05, 0) is 12.1 Å². The third kappa shape index (κ3) is 3.56. The number of amides is 4. The zero-order chi connectivity index (χ0) is 12.8. The van der Waals surface area contributed by atoms with Crippen molar-refractivity contribution in [1.82, 2.24) is 10.3 Å². The van der Waals surface area contributed by atoms with E-state index in [1.807, 2.05) is 6.07 Å². The molecule has 0 spiro atoms. The van der Waals surface area contributed by atoms with Crippen LogP contribution in [0.3, 0.4) is 0 Å². The van der Waals surface area contributed by atoms with E-state index in [2.05, 4.69) is 20.9 Å². The van der Waals surface area contributed by atoms with Gasteiger partial charge in [-0.2, -0.15) is 0 Å². The second kappa shape index (κ2) is 5.78. The standard InChI is InChI=1S/C11H10N4O2S/c16-9(13-8-4-2-1-3-5-8)14-10(17)15-11-12-6-7-18-11/h1-7H,(H3,12,13,14,15,16,17). The van der Waals surface area contributed by atoms with Crippen LogP contribution in [0.15, 0.2) is 41.9 Å². The number of urea groups is 2. The minimum absolute atomic E-state index is 0.431. The molecule has 0 aliphatic heterocycles. The van der Waals surface area contributed by atoms with Gasteiger partial charge in [-0.3, -0.25) is 10.6 Å². The van der Waals surface area contributed by atoms with Crippen molar-refractivity contribution in [1.29, 1.82) is 0 Å². The lowest BCUT2D eigenvalue weighted by Gasteiger charge is -2.06. The fourth-order valence-corrected chi connectivity index (χ4v) is 1.72. The molecule has 3 N–H and O–H groups in total. The number of imide groups is 1. The summed E-state index contributed by atoms with van der Waals surface area (Å²) in [6.07, 6.45) is 1.56. The molecule has 1 heterocycles. The number of nitrogens with zero attached hydrogens (tertiary/aromatic N) is 1. The van der Waals surface area contributed by atoms with E-state index in [1.54, 1.807) is 35.8 Å². The number of aromatic nitrogens is 1. The first-order chi connectivity index (χ1) is 8.74. The second-order valence-corrected chi connectivity index (χ2v) is 4.13. The number of carbonyl (C=O) groups excluding carboxylic acids is 2. The van der Waals surface area contributed by atoms with Crippen molar-refractivity contribution < 1.29 is 9.59 Å². The highest BCUT2D eigenvalue weighted by molar-refractivity contribution is 7.13. The predicted molar refractivity (Wildman–Crippen MR) is 69.7 cm³/mol. The van der Waals surface area contributed by atoms with Crippen LogP contribution in [0.5, 0.6) is 0 Å². The quantitative estimate of drug-likeness (QED) is 0.777. The van der Waals surface area contributed by atoms with Gasteiger partial charge in [-0.15, -0.1) is 11.3 Å². The molecule has 92 valence electrons. The van der Waals surface area contributed by atoms with Gasteiger partial charge in [0.25, 0.3) is 0 Å². The van der Waals surface area contributed by atoms with Crippen molar-refractivity contribution in [2.24, 2.45) is 0 Å². The molecular weight excluding hydrogens is 252 g/mol. The summed E-state index contributed by atoms with van der Waals surface area (Å²) in [7, 11) is 0. The fraction of sp³-hybridized carbons (Fsp3) is 0. The van der Waals surface area contributed by atoms with E-state index < -0.39 is 12.1 Å². The second-order valence-electron chi connectivity index (χ2n) is 3.24. The van der Waals surface area contributed by atoms with Crippen molar-refractivity contribution in [3.8, 4) is 0 Å². The van der Waals surface area contributed by atoms with Crippen LogP contribution >= 0.6 is 11.3 Å². The Morgan fingerprint density at radius 2 is 1.78 bits per heavy atom. The van der Waals surface area contributed by atoms with Crippen LogP contribution in [-0.2, 0) is 0 Å². The Hall–Kier alpha value is -2.41. The average molecular weight is 262 g/mol. The summed E-state index contributed by atoms with van der Waals surface area (Å²) >= 11 is 1.27. The molecule has 0 bridgehead atoms. The summed E-state index contributed by atoms with van der Waals surface area (Å²) in [6, 6.07) is 7.61. The topological polar surface area (TPSA) is 83.1 Å². The molecule has 1 aromatic carbocycles. The number of para-hydroxylation sites is 1. The summed E-state index contributed by atoms with van der Waals surface area (Å²) in [4.78, 5) is 26.7. The van der Waals surface area contributed by atoms with Gasteiger partial charge in [0.2, 0.25) is 0 Å². The van der Waals surface area contributed by atoms with Gasteiger partial charge in [0.05, 0.1) is 0 Å². The van der Waals surface area contributed by atoms with E-state index >= 15 is 0 Å². The third-order valence-electron chi connectivity index (χ3n) is 1.91. The van der Waals surface area contributed by atoms with Crippen LogP contribution in [0.1, 0.15) is 0 Å². The lowest BCUT2D eigenvalue weighted by Crippen LogP contribution is -2.37. The average Bonchev–Trinajstić information content (AvgIpc) is 2.82. The van der Waals surface area contributed by atoms with E-state index in [1.165, 1.54) is 11.3 Å². The largest absolute Gasteiger partial charge is 0.329 e. The van der Waals surface area contributed by atoms with Gasteiger partial charge < -0.3 is 5.32 Å². The van der Waals surface area contributed by atoms with Crippen molar-refractivity contribution >= 4 is 34.2 Å². The normalized spacial score (nSPS) is 9.56. The molecule has 0 saturated heterocycles. The van der Waals surface area contributed by atoms with Crippen LogP contribution in [0, 0.1) is 0 Å². The highest BCUT2D eigenvalue weighted by Crippen LogP contribution is 2.09. The Kier molecular flexibility index (Phi) is 3.87. The van der Waals surface area contributed by atoms with Gasteiger partial charge in [-0.1, -0.05) is 18.2 Å². The van der Waals surface area contributed by atoms with Gasteiger partial charge in [0, 0.05) is 17.3 Å². The number of anilines is 2. The summed E-state index contributed by atoms with van der Waals surface area (Å²) in [5.74, 6) is 0. The molecule has 0 radical (unpaired) electrons. The Morgan fingerprint density at radius 3 is 2.44 bits per heavy atom. The molecule has 0 unspecified atom stereocenters. The van der Waals surface area contributed by atoms with E-state index in [0.29, 0.717) is 10.8 Å². The molecule has 0 saturated carbocycles. The number of carbonyl (C=O) groups is 2. The zero-order valence-corrected chi connectivity index (χ0v) is 10.0. The third-order valence-corrected chi connectivity index (χ3v) is 2.60. The molecule has 0 atom stereocenters. The van der Waals surface area contributed by atoms with E-state index in [0.717, 1.165) is 0 Å². The van der Waals surface area contributed by atoms with E-state index in [-0.39, 0.29) is 0 Å². The lowest BCUT2D eigenvalue weighted by atomic mass is 10.3. The molecule has 6 nitrogen and oxygen atoms in total. The van der Waals surface area contributed by atoms with E-state index in [4.69, 9.17) is 0 Å². The van der Waals surface area contributed by atoms with Gasteiger partial charge in [0.15, 0.2) is 5.13 Å². The van der Waals surface area contributed by atoms with Crippen LogP contribution in [-0.4, -0.2) is 17.0 Å². The number of hydrogen-bond acceptors (Lipinski definition) is 4. The highest BCUT2D eigenvalue weighted by atomic mass is 32.1. The van der Waals surface area contributed by atoms with E-state index in [9.17, 15) is 9.59 Å². The maximum atomic E-state index is 11.5. The molecule has 0 fully saturated rings. The minimum atomic E-state index is -0.626. The highest BCUT2D eigenvalue weighted by Gasteiger charge is 2.08. The first-order valence-corrected chi connectivity index (χ1v) is 5.95. The fourth-order valence-electron chi connectivity index (χ4n) is 1.20. The molecule has 4 amide bonds. The van der Waals surface area contributed by atoms with Gasteiger partial charge in [0.1, 0.15) is 0 Å². The number of nitrogens with one attached hydrogen (secondary N) is 3. The Morgan fingerprint density at radius 1 is 1.06 bits per heavy atom. The number of benzene rings is 1. The van der Waals surface area contributed by atoms with Gasteiger partial charge in [-0.25, -0.2) is 14.6 Å². The van der Waals surface area contributed by atoms with Crippen molar-refractivity contribution in [3.05, 3.63) is 41.9 Å². The summed E-state index contributed by atoms with van der Waals surface area (Å²) in [6.45, 7) is 0. The zero-order valence-electron chi connectivity index (χ0n) is 9.21. The first-order valence-electron chi connectivity index (χ1n) is 5.07. The smallest absolute Gasteiger partial charge is 0.308 e. The Bertz CT molecular complexity index is 527. The molecule has 0 aliphatic carbocycles. The Labute approximate surface area is 107 Å². The van der Waals surface area contributed by atoms with Crippen molar-refractivity contribution in [2.45, 2.75) is 0 Å².